The van der Waals surface area contributed by atoms with Crippen molar-refractivity contribution in [3.63, 3.8) is 0 Å². The SMILES string of the molecule is CC(C)(C)c1ccc2c(c1)c1cc(C(C)(C)C)ccc1n2-c1cccc(-c2nccc3ccccc23)c1. The van der Waals surface area contributed by atoms with E-state index in [9.17, 15) is 0 Å². The Morgan fingerprint density at radius 2 is 1.19 bits per heavy atom. The van der Waals surface area contributed by atoms with Gasteiger partial charge in [-0.15, -0.1) is 0 Å². The maximum Gasteiger partial charge on any atom is 0.0781 e. The molecule has 2 heteroatoms. The van der Waals surface area contributed by atoms with E-state index >= 15 is 0 Å². The average molecular weight is 483 g/mol. The van der Waals surface area contributed by atoms with Gasteiger partial charge in [-0.3, -0.25) is 4.98 Å². The minimum Gasteiger partial charge on any atom is -0.309 e. The molecule has 0 aliphatic heterocycles. The maximum atomic E-state index is 4.79. The van der Waals surface area contributed by atoms with Gasteiger partial charge in [0.05, 0.1) is 16.7 Å². The highest BCUT2D eigenvalue weighted by Crippen LogP contribution is 2.38. The predicted octanol–water partition coefficient (Wildman–Crippen LogP) is 9.59. The fourth-order valence-corrected chi connectivity index (χ4v) is 5.38. The molecule has 0 atom stereocenters. The quantitative estimate of drug-likeness (QED) is 0.240. The van der Waals surface area contributed by atoms with E-state index < -0.39 is 0 Å². The van der Waals surface area contributed by atoms with Crippen LogP contribution in [-0.4, -0.2) is 9.55 Å². The van der Waals surface area contributed by atoms with E-state index in [0.29, 0.717) is 0 Å². The van der Waals surface area contributed by atoms with E-state index in [2.05, 4.69) is 137 Å². The maximum absolute atomic E-state index is 4.79. The Morgan fingerprint density at radius 3 is 1.81 bits per heavy atom. The Bertz CT molecular complexity index is 1710. The molecule has 6 rings (SSSR count). The minimum atomic E-state index is 0.0875. The van der Waals surface area contributed by atoms with Crippen LogP contribution in [0.2, 0.25) is 0 Å². The van der Waals surface area contributed by atoms with Crippen LogP contribution in [0.4, 0.5) is 0 Å². The van der Waals surface area contributed by atoms with Crippen molar-refractivity contribution in [3.8, 4) is 16.9 Å². The number of aromatic nitrogens is 2. The first kappa shape index (κ1) is 23.5. The van der Waals surface area contributed by atoms with E-state index in [0.717, 1.165) is 16.9 Å². The van der Waals surface area contributed by atoms with E-state index in [-0.39, 0.29) is 10.8 Å². The molecule has 0 amide bonds. The number of rotatable bonds is 2. The van der Waals surface area contributed by atoms with Gasteiger partial charge in [0.1, 0.15) is 0 Å². The fourth-order valence-electron chi connectivity index (χ4n) is 5.38. The molecule has 0 saturated heterocycles. The molecule has 0 aliphatic carbocycles. The zero-order chi connectivity index (χ0) is 25.9. The molecule has 2 nitrogen and oxygen atoms in total. The Kier molecular flexibility index (Phi) is 5.28. The fraction of sp³-hybridized carbons (Fsp3) is 0.229. The summed E-state index contributed by atoms with van der Waals surface area (Å²) in [5.41, 5.74) is 8.65. The molecule has 0 bridgehead atoms. The van der Waals surface area contributed by atoms with Crippen LogP contribution < -0.4 is 0 Å². The number of fused-ring (bicyclic) bond motifs is 4. The highest BCUT2D eigenvalue weighted by atomic mass is 15.0. The Labute approximate surface area is 219 Å². The smallest absolute Gasteiger partial charge is 0.0781 e. The van der Waals surface area contributed by atoms with Crippen LogP contribution in [0.25, 0.3) is 49.5 Å². The highest BCUT2D eigenvalue weighted by molar-refractivity contribution is 6.10. The summed E-state index contributed by atoms with van der Waals surface area (Å²) in [6.45, 7) is 13.7. The van der Waals surface area contributed by atoms with Crippen LogP contribution in [0.3, 0.4) is 0 Å². The summed E-state index contributed by atoms with van der Waals surface area (Å²) in [5.74, 6) is 0. The van der Waals surface area contributed by atoms with Gasteiger partial charge in [0.2, 0.25) is 0 Å². The molecule has 6 aromatic rings. The van der Waals surface area contributed by atoms with Crippen molar-refractivity contribution >= 4 is 32.6 Å². The summed E-state index contributed by atoms with van der Waals surface area (Å²) in [6, 6.07) is 33.4. The van der Waals surface area contributed by atoms with E-state index in [1.54, 1.807) is 0 Å². The summed E-state index contributed by atoms with van der Waals surface area (Å²) in [7, 11) is 0. The monoisotopic (exact) mass is 482 g/mol. The van der Waals surface area contributed by atoms with Gasteiger partial charge in [0.25, 0.3) is 0 Å². The zero-order valence-electron chi connectivity index (χ0n) is 22.6. The molecule has 184 valence electrons. The number of hydrogen-bond acceptors (Lipinski definition) is 1. The number of nitrogens with zero attached hydrogens (tertiary/aromatic N) is 2. The molecule has 0 N–H and O–H groups in total. The van der Waals surface area contributed by atoms with Gasteiger partial charge in [-0.1, -0.05) is 90.1 Å². The molecule has 2 heterocycles. The summed E-state index contributed by atoms with van der Waals surface area (Å²) in [6.07, 6.45) is 1.91. The first-order chi connectivity index (χ1) is 17.6. The molecule has 0 fully saturated rings. The lowest BCUT2D eigenvalue weighted by atomic mass is 9.85. The van der Waals surface area contributed by atoms with Crippen LogP contribution in [-0.2, 0) is 10.8 Å². The molecule has 0 saturated carbocycles. The second-order valence-electron chi connectivity index (χ2n) is 12.2. The lowest BCUT2D eigenvalue weighted by Crippen LogP contribution is -2.10. The van der Waals surface area contributed by atoms with Crippen molar-refractivity contribution in [2.45, 2.75) is 52.4 Å². The highest BCUT2D eigenvalue weighted by Gasteiger charge is 2.21. The first-order valence-electron chi connectivity index (χ1n) is 13.1. The predicted molar refractivity (Wildman–Crippen MR) is 159 cm³/mol. The Hall–Kier alpha value is -3.91. The van der Waals surface area contributed by atoms with Crippen LogP contribution in [0.15, 0.2) is 97.2 Å². The van der Waals surface area contributed by atoms with Gasteiger partial charge in [0.15, 0.2) is 0 Å². The normalized spacial score (nSPS) is 12.6. The number of pyridine rings is 1. The van der Waals surface area contributed by atoms with Crippen molar-refractivity contribution in [1.82, 2.24) is 9.55 Å². The van der Waals surface area contributed by atoms with Gasteiger partial charge in [0, 0.05) is 33.6 Å². The summed E-state index contributed by atoms with van der Waals surface area (Å²) < 4.78 is 2.41. The van der Waals surface area contributed by atoms with Gasteiger partial charge in [-0.25, -0.2) is 0 Å². The summed E-state index contributed by atoms with van der Waals surface area (Å²) >= 11 is 0. The largest absolute Gasteiger partial charge is 0.309 e. The molecule has 0 unspecified atom stereocenters. The van der Waals surface area contributed by atoms with Gasteiger partial charge < -0.3 is 4.57 Å². The topological polar surface area (TPSA) is 17.8 Å². The third-order valence-electron chi connectivity index (χ3n) is 7.55. The van der Waals surface area contributed by atoms with Gasteiger partial charge in [-0.05, 0) is 69.8 Å². The first-order valence-corrected chi connectivity index (χ1v) is 13.1. The third-order valence-corrected chi connectivity index (χ3v) is 7.55. The van der Waals surface area contributed by atoms with Gasteiger partial charge >= 0.3 is 0 Å². The third kappa shape index (κ3) is 4.01. The van der Waals surface area contributed by atoms with Crippen molar-refractivity contribution in [2.75, 3.05) is 0 Å². The van der Waals surface area contributed by atoms with Crippen LogP contribution in [0.5, 0.6) is 0 Å². The second-order valence-corrected chi connectivity index (χ2v) is 12.2. The molecular formula is C35H34N2. The van der Waals surface area contributed by atoms with Crippen molar-refractivity contribution in [3.05, 3.63) is 108 Å². The van der Waals surface area contributed by atoms with E-state index in [1.807, 2.05) is 6.20 Å². The Balaban J connectivity index is 1.63. The van der Waals surface area contributed by atoms with Crippen LogP contribution >= 0.6 is 0 Å². The molecule has 4 aromatic carbocycles. The second kappa shape index (κ2) is 8.31. The Morgan fingerprint density at radius 1 is 0.568 bits per heavy atom. The standard InChI is InChI=1S/C35H34N2/c1-34(2,3)25-14-16-31-29(21-25)30-22-26(35(4,5)6)15-17-32(30)37(31)27-12-9-11-24(20-27)33-28-13-8-7-10-23(28)18-19-36-33/h7-22H,1-6H3. The van der Waals surface area contributed by atoms with E-state index in [1.165, 1.54) is 43.7 Å². The molecule has 2 aromatic heterocycles. The van der Waals surface area contributed by atoms with Crippen LogP contribution in [0, 0.1) is 0 Å². The lowest BCUT2D eigenvalue weighted by molar-refractivity contribution is 0.590. The molecular weight excluding hydrogens is 448 g/mol. The molecule has 37 heavy (non-hydrogen) atoms. The molecule has 0 spiro atoms. The molecule has 0 aliphatic rings. The minimum absolute atomic E-state index is 0.0875. The number of benzene rings is 4. The van der Waals surface area contributed by atoms with E-state index in [4.69, 9.17) is 4.98 Å². The van der Waals surface area contributed by atoms with Crippen molar-refractivity contribution in [2.24, 2.45) is 0 Å². The van der Waals surface area contributed by atoms with Crippen molar-refractivity contribution in [1.29, 1.82) is 0 Å². The summed E-state index contributed by atoms with van der Waals surface area (Å²) in [5, 5.41) is 5.00. The van der Waals surface area contributed by atoms with Gasteiger partial charge in [-0.2, -0.15) is 0 Å². The van der Waals surface area contributed by atoms with Crippen molar-refractivity contribution < 1.29 is 0 Å². The lowest BCUT2D eigenvalue weighted by Gasteiger charge is -2.19. The van der Waals surface area contributed by atoms with Crippen LogP contribution in [0.1, 0.15) is 52.7 Å². The average Bonchev–Trinajstić information content (AvgIpc) is 3.20. The zero-order valence-corrected chi connectivity index (χ0v) is 22.6. The molecule has 0 radical (unpaired) electrons. The number of hydrogen-bond donors (Lipinski definition) is 0. The summed E-state index contributed by atoms with van der Waals surface area (Å²) in [4.78, 5) is 4.79.